The van der Waals surface area contributed by atoms with Gasteiger partial charge >= 0.3 is 0 Å². The van der Waals surface area contributed by atoms with Crippen LogP contribution in [0.15, 0.2) is 48.2 Å². The molecule has 3 heteroatoms. The summed E-state index contributed by atoms with van der Waals surface area (Å²) < 4.78 is 16.3. The highest BCUT2D eigenvalue weighted by atomic mass is 16.5. The molecule has 0 aliphatic rings. The Bertz CT molecular complexity index is 495. The van der Waals surface area contributed by atoms with E-state index in [4.69, 9.17) is 20.6 Å². The summed E-state index contributed by atoms with van der Waals surface area (Å²) in [5, 5.41) is 0. The maximum Gasteiger partial charge on any atom is 0.125 e. The quantitative estimate of drug-likeness (QED) is 0.394. The van der Waals surface area contributed by atoms with Crippen LogP contribution in [0.1, 0.15) is 18.9 Å². The van der Waals surface area contributed by atoms with Gasteiger partial charge in [0.2, 0.25) is 0 Å². The first kappa shape index (κ1) is 16.9. The molecule has 112 valence electrons. The Morgan fingerprint density at radius 1 is 1.14 bits per heavy atom. The van der Waals surface area contributed by atoms with Gasteiger partial charge in [-0.2, -0.15) is 0 Å². The molecule has 0 atom stereocenters. The number of rotatable bonds is 9. The van der Waals surface area contributed by atoms with Gasteiger partial charge in [-0.05, 0) is 19.1 Å². The van der Waals surface area contributed by atoms with Crippen molar-refractivity contribution < 1.29 is 14.2 Å². The molecule has 0 fully saturated rings. The van der Waals surface area contributed by atoms with Crippen LogP contribution in [0.2, 0.25) is 0 Å². The third kappa shape index (κ3) is 7.24. The standard InChI is InChI=1S/C18H22O3/c1-4-5-13-21-18(17-9-7-6-8-10-17)12-15-20-16(2)11-14-19-3/h1,6-12H,5,13-15H2,2-3H3/b16-11+,18-12+. The SMILES string of the molecule is C#CCCO/C(=C/CO/C(C)=C/COC)c1ccccc1. The van der Waals surface area contributed by atoms with E-state index in [-0.39, 0.29) is 0 Å². The van der Waals surface area contributed by atoms with E-state index in [1.807, 2.05) is 49.4 Å². The van der Waals surface area contributed by atoms with Gasteiger partial charge in [-0.3, -0.25) is 0 Å². The number of ether oxygens (including phenoxy) is 3. The normalized spacial score (nSPS) is 11.9. The van der Waals surface area contributed by atoms with E-state index in [0.717, 1.165) is 17.1 Å². The van der Waals surface area contributed by atoms with Gasteiger partial charge in [0.15, 0.2) is 0 Å². The molecule has 0 bridgehead atoms. The van der Waals surface area contributed by atoms with Crippen LogP contribution in [0.3, 0.4) is 0 Å². The lowest BCUT2D eigenvalue weighted by atomic mass is 10.2. The van der Waals surface area contributed by atoms with E-state index in [1.54, 1.807) is 7.11 Å². The maximum absolute atomic E-state index is 5.73. The van der Waals surface area contributed by atoms with Crippen molar-refractivity contribution in [3.63, 3.8) is 0 Å². The molecule has 0 aliphatic heterocycles. The highest BCUT2D eigenvalue weighted by Crippen LogP contribution is 2.16. The van der Waals surface area contributed by atoms with Gasteiger partial charge in [0.1, 0.15) is 12.4 Å². The molecule has 3 nitrogen and oxygen atoms in total. The van der Waals surface area contributed by atoms with Gasteiger partial charge in [0.25, 0.3) is 0 Å². The Hall–Kier alpha value is -2.18. The molecular weight excluding hydrogens is 264 g/mol. The second kappa shape index (κ2) is 10.6. The van der Waals surface area contributed by atoms with Crippen LogP contribution in [-0.2, 0) is 14.2 Å². The summed E-state index contributed by atoms with van der Waals surface area (Å²) in [6, 6.07) is 9.90. The van der Waals surface area contributed by atoms with Gasteiger partial charge in [0.05, 0.1) is 19.0 Å². The van der Waals surface area contributed by atoms with Crippen molar-refractivity contribution in [1.29, 1.82) is 0 Å². The first-order valence-electron chi connectivity index (χ1n) is 6.88. The molecule has 0 saturated heterocycles. The Balaban J connectivity index is 2.64. The van der Waals surface area contributed by atoms with Crippen LogP contribution >= 0.6 is 0 Å². The molecule has 0 radical (unpaired) electrons. The molecule has 0 saturated carbocycles. The first-order chi connectivity index (χ1) is 10.3. The number of methoxy groups -OCH3 is 1. The zero-order valence-electron chi connectivity index (χ0n) is 12.7. The van der Waals surface area contributed by atoms with Gasteiger partial charge in [-0.1, -0.05) is 30.3 Å². The van der Waals surface area contributed by atoms with Crippen LogP contribution in [0.4, 0.5) is 0 Å². The first-order valence-corrected chi connectivity index (χ1v) is 6.88. The lowest BCUT2D eigenvalue weighted by Gasteiger charge is -2.10. The Kier molecular flexibility index (Phi) is 8.51. The van der Waals surface area contributed by atoms with Crippen molar-refractivity contribution in [1.82, 2.24) is 0 Å². The van der Waals surface area contributed by atoms with Crippen LogP contribution in [0.5, 0.6) is 0 Å². The lowest BCUT2D eigenvalue weighted by molar-refractivity contribution is 0.213. The predicted octanol–water partition coefficient (Wildman–Crippen LogP) is 3.63. The summed E-state index contributed by atoms with van der Waals surface area (Å²) in [4.78, 5) is 0. The third-order valence-electron chi connectivity index (χ3n) is 2.68. The average molecular weight is 286 g/mol. The minimum Gasteiger partial charge on any atom is -0.494 e. The van der Waals surface area contributed by atoms with Crippen molar-refractivity contribution in [3.8, 4) is 12.3 Å². The zero-order valence-corrected chi connectivity index (χ0v) is 12.7. The second-order valence-electron chi connectivity index (χ2n) is 4.32. The second-order valence-corrected chi connectivity index (χ2v) is 4.32. The van der Waals surface area contributed by atoms with Gasteiger partial charge in [-0.25, -0.2) is 0 Å². The van der Waals surface area contributed by atoms with Crippen LogP contribution in [0, 0.1) is 12.3 Å². The van der Waals surface area contributed by atoms with E-state index in [1.165, 1.54) is 0 Å². The fourth-order valence-electron chi connectivity index (χ4n) is 1.59. The zero-order chi connectivity index (χ0) is 15.3. The fourth-order valence-corrected chi connectivity index (χ4v) is 1.59. The molecule has 1 rings (SSSR count). The summed E-state index contributed by atoms with van der Waals surface area (Å²) in [7, 11) is 1.65. The van der Waals surface area contributed by atoms with E-state index in [0.29, 0.717) is 26.2 Å². The predicted molar refractivity (Wildman–Crippen MR) is 85.4 cm³/mol. The maximum atomic E-state index is 5.73. The summed E-state index contributed by atoms with van der Waals surface area (Å²) >= 11 is 0. The molecule has 1 aromatic carbocycles. The van der Waals surface area contributed by atoms with Gasteiger partial charge in [0, 0.05) is 19.1 Å². The minimum absolute atomic E-state index is 0.437. The summed E-state index contributed by atoms with van der Waals surface area (Å²) in [6.07, 6.45) is 9.62. The molecule has 0 amide bonds. The molecule has 0 aliphatic carbocycles. The molecule has 0 N–H and O–H groups in total. The smallest absolute Gasteiger partial charge is 0.125 e. The van der Waals surface area contributed by atoms with Crippen LogP contribution < -0.4 is 0 Å². The molecule has 0 unspecified atom stereocenters. The minimum atomic E-state index is 0.437. The topological polar surface area (TPSA) is 27.7 Å². The Labute approximate surface area is 127 Å². The Morgan fingerprint density at radius 3 is 2.57 bits per heavy atom. The molecule has 21 heavy (non-hydrogen) atoms. The Morgan fingerprint density at radius 2 is 1.90 bits per heavy atom. The summed E-state index contributed by atoms with van der Waals surface area (Å²) in [6.45, 7) is 3.37. The van der Waals surface area contributed by atoms with Crippen molar-refractivity contribution >= 4 is 5.76 Å². The number of benzene rings is 1. The lowest BCUT2D eigenvalue weighted by Crippen LogP contribution is -1.98. The molecule has 0 heterocycles. The number of allylic oxidation sites excluding steroid dienone is 1. The third-order valence-corrected chi connectivity index (χ3v) is 2.68. The summed E-state index contributed by atoms with van der Waals surface area (Å²) in [5.74, 6) is 4.17. The average Bonchev–Trinajstić information content (AvgIpc) is 2.52. The highest BCUT2D eigenvalue weighted by molar-refractivity contribution is 5.59. The molecule has 1 aromatic rings. The monoisotopic (exact) mass is 286 g/mol. The fraction of sp³-hybridized carbons (Fsp3) is 0.333. The molecular formula is C18H22O3. The van der Waals surface area contributed by atoms with Crippen LogP contribution in [-0.4, -0.2) is 26.9 Å². The van der Waals surface area contributed by atoms with Crippen LogP contribution in [0.25, 0.3) is 5.76 Å². The van der Waals surface area contributed by atoms with E-state index >= 15 is 0 Å². The number of terminal acetylenes is 1. The highest BCUT2D eigenvalue weighted by Gasteiger charge is 2.02. The van der Waals surface area contributed by atoms with Crippen molar-refractivity contribution in [2.45, 2.75) is 13.3 Å². The summed E-state index contributed by atoms with van der Waals surface area (Å²) in [5.41, 5.74) is 1.01. The molecule has 0 aromatic heterocycles. The van der Waals surface area contributed by atoms with E-state index in [2.05, 4.69) is 5.92 Å². The van der Waals surface area contributed by atoms with Crippen molar-refractivity contribution in [2.24, 2.45) is 0 Å². The van der Waals surface area contributed by atoms with Crippen molar-refractivity contribution in [2.75, 3.05) is 26.9 Å². The number of hydrogen-bond acceptors (Lipinski definition) is 3. The largest absolute Gasteiger partial charge is 0.494 e. The van der Waals surface area contributed by atoms with Crippen molar-refractivity contribution in [3.05, 3.63) is 53.8 Å². The van der Waals surface area contributed by atoms with Gasteiger partial charge < -0.3 is 14.2 Å². The van der Waals surface area contributed by atoms with E-state index in [9.17, 15) is 0 Å². The number of hydrogen-bond donors (Lipinski definition) is 0. The van der Waals surface area contributed by atoms with Gasteiger partial charge in [-0.15, -0.1) is 12.3 Å². The molecule has 0 spiro atoms. The van der Waals surface area contributed by atoms with E-state index < -0.39 is 0 Å².